The minimum Gasteiger partial charge on any atom is -0.385 e. The summed E-state index contributed by atoms with van der Waals surface area (Å²) >= 11 is 0. The van der Waals surface area contributed by atoms with Gasteiger partial charge < -0.3 is 24.2 Å². The lowest BCUT2D eigenvalue weighted by Crippen LogP contribution is -3.12. The van der Waals surface area contributed by atoms with Gasteiger partial charge in [-0.15, -0.1) is 0 Å². The lowest BCUT2D eigenvalue weighted by molar-refractivity contribution is -0.899. The minimum absolute atomic E-state index is 0.161. The number of para-hydroxylation sites is 4. The Hall–Kier alpha value is -3.64. The highest BCUT2D eigenvalue weighted by molar-refractivity contribution is 6.07. The van der Waals surface area contributed by atoms with Crippen LogP contribution in [0.25, 0.3) is 21.8 Å². The first-order valence-electron chi connectivity index (χ1n) is 14.1. The molecule has 0 bridgehead atoms. The van der Waals surface area contributed by atoms with Crippen LogP contribution >= 0.6 is 0 Å². The van der Waals surface area contributed by atoms with Crippen molar-refractivity contribution in [1.82, 2.24) is 4.57 Å². The fourth-order valence-electron chi connectivity index (χ4n) is 5.52. The number of nitrogens with one attached hydrogen (secondary N) is 1. The molecule has 0 unspecified atom stereocenters. The van der Waals surface area contributed by atoms with E-state index in [1.54, 1.807) is 0 Å². The fourth-order valence-corrected chi connectivity index (χ4v) is 5.52. The first kappa shape index (κ1) is 26.9. The predicted molar refractivity (Wildman–Crippen MR) is 162 cm³/mol. The molecule has 0 aliphatic heterocycles. The van der Waals surface area contributed by atoms with E-state index in [1.165, 1.54) is 26.7 Å². The summed E-state index contributed by atoms with van der Waals surface area (Å²) in [7, 11) is 0. The Bertz CT molecular complexity index is 1350. The van der Waals surface area contributed by atoms with Crippen molar-refractivity contribution in [3.63, 3.8) is 0 Å². The number of aromatic nitrogens is 1. The van der Waals surface area contributed by atoms with Gasteiger partial charge >= 0.3 is 0 Å². The summed E-state index contributed by atoms with van der Waals surface area (Å²) in [6.45, 7) is 8.64. The Kier molecular flexibility index (Phi) is 8.94. The molecule has 0 aliphatic rings. The molecule has 5 rings (SSSR count). The van der Waals surface area contributed by atoms with Crippen LogP contribution in [0.4, 0.5) is 11.4 Å². The lowest BCUT2D eigenvalue weighted by atomic mass is 10.2. The van der Waals surface area contributed by atoms with Crippen LogP contribution < -0.4 is 9.80 Å². The molecule has 2 atom stereocenters. The van der Waals surface area contributed by atoms with Crippen LogP contribution in [0.3, 0.4) is 0 Å². The summed E-state index contributed by atoms with van der Waals surface area (Å²) in [5, 5.41) is 13.4. The number of quaternary nitrogens is 1. The van der Waals surface area contributed by atoms with Crippen LogP contribution in [0.5, 0.6) is 0 Å². The standard InChI is InChI=1S/C34H39N3O2/c1-3-35(4-2)23-29(38)26-39-30(24-36(27-15-7-5-8-16-27)28-17-9-6-10-18-28)25-37-33-21-13-11-19-31(33)32-20-12-14-22-34(32)37/h5-22,29-30,38H,3-4,23-26H2,1-2H3/p+1/t29-,30-/m0/s1. The highest BCUT2D eigenvalue weighted by Gasteiger charge is 2.22. The Morgan fingerprint density at radius 1 is 0.718 bits per heavy atom. The molecule has 202 valence electrons. The largest absolute Gasteiger partial charge is 0.385 e. The molecule has 39 heavy (non-hydrogen) atoms. The quantitative estimate of drug-likeness (QED) is 0.220. The molecule has 5 nitrogen and oxygen atoms in total. The van der Waals surface area contributed by atoms with Crippen molar-refractivity contribution in [3.8, 4) is 0 Å². The van der Waals surface area contributed by atoms with Gasteiger partial charge in [0.15, 0.2) is 0 Å². The second-order valence-corrected chi connectivity index (χ2v) is 10.2. The van der Waals surface area contributed by atoms with Gasteiger partial charge in [0.05, 0.1) is 38.9 Å². The van der Waals surface area contributed by atoms with E-state index in [9.17, 15) is 5.11 Å². The molecule has 0 amide bonds. The number of benzene rings is 4. The molecule has 0 radical (unpaired) electrons. The van der Waals surface area contributed by atoms with Crippen molar-refractivity contribution in [3.05, 3.63) is 109 Å². The average Bonchev–Trinajstić information content (AvgIpc) is 3.31. The highest BCUT2D eigenvalue weighted by atomic mass is 16.5. The van der Waals surface area contributed by atoms with E-state index in [-0.39, 0.29) is 6.10 Å². The molecule has 5 heteroatoms. The van der Waals surface area contributed by atoms with Gasteiger partial charge in [0.1, 0.15) is 12.6 Å². The van der Waals surface area contributed by atoms with E-state index >= 15 is 0 Å². The number of ether oxygens (including phenoxy) is 1. The monoisotopic (exact) mass is 522 g/mol. The maximum absolute atomic E-state index is 10.9. The van der Waals surface area contributed by atoms with E-state index in [0.717, 1.165) is 24.5 Å². The summed E-state index contributed by atoms with van der Waals surface area (Å²) in [6, 6.07) is 38.1. The van der Waals surface area contributed by atoms with Crippen LogP contribution in [0, 0.1) is 0 Å². The molecule has 0 fully saturated rings. The van der Waals surface area contributed by atoms with Gasteiger partial charge in [0, 0.05) is 33.2 Å². The smallest absolute Gasteiger partial charge is 0.126 e. The molecule has 1 aromatic heterocycles. The first-order chi connectivity index (χ1) is 19.2. The van der Waals surface area contributed by atoms with Crippen LogP contribution in [0.2, 0.25) is 0 Å². The van der Waals surface area contributed by atoms with Gasteiger partial charge in [-0.1, -0.05) is 72.8 Å². The summed E-state index contributed by atoms with van der Waals surface area (Å²) in [5.41, 5.74) is 4.64. The van der Waals surface area contributed by atoms with Crippen LogP contribution in [0.15, 0.2) is 109 Å². The van der Waals surface area contributed by atoms with Gasteiger partial charge in [-0.3, -0.25) is 0 Å². The van der Waals surface area contributed by atoms with Crippen molar-refractivity contribution in [1.29, 1.82) is 0 Å². The zero-order chi connectivity index (χ0) is 27.0. The van der Waals surface area contributed by atoms with E-state index < -0.39 is 6.10 Å². The molecular weight excluding hydrogens is 482 g/mol. The summed E-state index contributed by atoms with van der Waals surface area (Å²) in [4.78, 5) is 3.70. The van der Waals surface area contributed by atoms with E-state index in [1.807, 2.05) is 12.1 Å². The van der Waals surface area contributed by atoms with Crippen LogP contribution in [-0.2, 0) is 11.3 Å². The highest BCUT2D eigenvalue weighted by Crippen LogP contribution is 2.30. The van der Waals surface area contributed by atoms with Crippen molar-refractivity contribution in [2.24, 2.45) is 0 Å². The van der Waals surface area contributed by atoms with Gasteiger partial charge in [-0.25, -0.2) is 0 Å². The van der Waals surface area contributed by atoms with Crippen LogP contribution in [0.1, 0.15) is 13.8 Å². The number of aliphatic hydroxyl groups is 1. The normalized spacial score (nSPS) is 13.2. The molecule has 2 N–H and O–H groups in total. The number of anilines is 2. The van der Waals surface area contributed by atoms with Crippen molar-refractivity contribution < 1.29 is 14.7 Å². The predicted octanol–water partition coefficient (Wildman–Crippen LogP) is 5.30. The van der Waals surface area contributed by atoms with Crippen molar-refractivity contribution >= 4 is 33.2 Å². The van der Waals surface area contributed by atoms with E-state index in [2.05, 4.69) is 120 Å². The molecule has 1 heterocycles. The third-order valence-electron chi connectivity index (χ3n) is 7.64. The zero-order valence-corrected chi connectivity index (χ0v) is 23.0. The number of fused-ring (bicyclic) bond motifs is 3. The second-order valence-electron chi connectivity index (χ2n) is 10.2. The number of aliphatic hydroxyl groups excluding tert-OH is 1. The minimum atomic E-state index is -0.512. The van der Waals surface area contributed by atoms with Gasteiger partial charge in [0.2, 0.25) is 0 Å². The summed E-state index contributed by atoms with van der Waals surface area (Å²) < 4.78 is 8.99. The molecule has 4 aromatic carbocycles. The number of hydrogen-bond donors (Lipinski definition) is 2. The number of rotatable bonds is 13. The number of hydrogen-bond acceptors (Lipinski definition) is 3. The maximum Gasteiger partial charge on any atom is 0.126 e. The number of nitrogens with zero attached hydrogens (tertiary/aromatic N) is 2. The molecule has 0 aliphatic carbocycles. The van der Waals surface area contributed by atoms with Crippen molar-refractivity contribution in [2.45, 2.75) is 32.6 Å². The lowest BCUT2D eigenvalue weighted by Gasteiger charge is -2.31. The SMILES string of the molecule is CC[NH+](CC)C[C@H](O)CO[C@@H](CN(c1ccccc1)c1ccccc1)Cn1c2ccccc2c2ccccc21. The molecular formula is C34H40N3O2+. The number of likely N-dealkylation sites (N-methyl/N-ethyl adjacent to an activating group) is 1. The van der Waals surface area contributed by atoms with E-state index in [0.29, 0.717) is 26.2 Å². The third kappa shape index (κ3) is 6.34. The molecule has 0 spiro atoms. The van der Waals surface area contributed by atoms with Crippen LogP contribution in [-0.4, -0.2) is 54.7 Å². The van der Waals surface area contributed by atoms with Crippen molar-refractivity contribution in [2.75, 3.05) is 37.7 Å². The molecule has 0 saturated heterocycles. The second kappa shape index (κ2) is 12.9. The summed E-state index contributed by atoms with van der Waals surface area (Å²) in [6.07, 6.45) is -0.673. The third-order valence-corrected chi connectivity index (χ3v) is 7.64. The topological polar surface area (TPSA) is 42.1 Å². The first-order valence-corrected chi connectivity index (χ1v) is 14.1. The molecule has 5 aromatic rings. The Morgan fingerprint density at radius 3 is 1.72 bits per heavy atom. The van der Waals surface area contributed by atoms with Gasteiger partial charge in [0.25, 0.3) is 0 Å². The van der Waals surface area contributed by atoms with Gasteiger partial charge in [-0.2, -0.15) is 0 Å². The Balaban J connectivity index is 1.49. The summed E-state index contributed by atoms with van der Waals surface area (Å²) in [5.74, 6) is 0. The maximum atomic E-state index is 10.9. The fraction of sp³-hybridized carbons (Fsp3) is 0.294. The Labute approximate surface area is 231 Å². The van der Waals surface area contributed by atoms with E-state index in [4.69, 9.17) is 4.74 Å². The average molecular weight is 523 g/mol. The van der Waals surface area contributed by atoms with Gasteiger partial charge in [-0.05, 0) is 50.2 Å². The zero-order valence-electron chi connectivity index (χ0n) is 23.0. The molecule has 0 saturated carbocycles. The Morgan fingerprint density at radius 2 is 1.21 bits per heavy atom.